The van der Waals surface area contributed by atoms with Crippen LogP contribution in [0.5, 0.6) is 0 Å². The van der Waals surface area contributed by atoms with E-state index in [0.29, 0.717) is 0 Å². The summed E-state index contributed by atoms with van der Waals surface area (Å²) in [6.07, 6.45) is 0. The van der Waals surface area contributed by atoms with Crippen molar-refractivity contribution in [2.75, 3.05) is 13.2 Å². The van der Waals surface area contributed by atoms with Crippen LogP contribution in [0, 0.1) is 17.8 Å². The summed E-state index contributed by atoms with van der Waals surface area (Å²) in [6.45, 7) is 4.76. The van der Waals surface area contributed by atoms with E-state index in [-0.39, 0.29) is 13.2 Å². The van der Waals surface area contributed by atoms with E-state index in [2.05, 4.69) is 21.3 Å². The number of esters is 2. The van der Waals surface area contributed by atoms with Gasteiger partial charge >= 0.3 is 11.9 Å². The zero-order valence-electron chi connectivity index (χ0n) is 9.53. The Morgan fingerprint density at radius 3 is 1.81 bits per heavy atom. The molecule has 0 radical (unpaired) electrons. The van der Waals surface area contributed by atoms with E-state index in [9.17, 15) is 14.4 Å². The van der Waals surface area contributed by atoms with Crippen molar-refractivity contribution in [3.63, 3.8) is 0 Å². The van der Waals surface area contributed by atoms with Gasteiger partial charge in [-0.05, 0) is 26.7 Å². The van der Waals surface area contributed by atoms with Gasteiger partial charge in [0.1, 0.15) is 0 Å². The topological polar surface area (TPSA) is 69.7 Å². The van der Waals surface area contributed by atoms with Crippen LogP contribution in [-0.4, -0.2) is 30.9 Å². The fraction of sp³-hybridized carbons (Fsp3) is 0.545. The minimum Gasteiger partial charge on any atom is -0.465 e. The summed E-state index contributed by atoms with van der Waals surface area (Å²) < 4.78 is 9.22. The molecule has 0 fully saturated rings. The second kappa shape index (κ2) is 7.46. The van der Waals surface area contributed by atoms with Crippen LogP contribution in [0.25, 0.3) is 0 Å². The number of carbonyl (C=O) groups is 3. The van der Waals surface area contributed by atoms with Gasteiger partial charge in [0.25, 0.3) is 0 Å². The van der Waals surface area contributed by atoms with Gasteiger partial charge in [-0.1, -0.05) is 5.92 Å². The third-order valence-corrected chi connectivity index (χ3v) is 1.55. The molecule has 0 aliphatic carbocycles. The standard InChI is InChI=1S/C11H14O5/c1-4-7-8(12)9(10(13)15-5-2)11(14)16-6-3/h9H,5-6H2,1-3H3. The highest BCUT2D eigenvalue weighted by molar-refractivity contribution is 6.20. The summed E-state index contributed by atoms with van der Waals surface area (Å²) in [6, 6.07) is 0. The van der Waals surface area contributed by atoms with Gasteiger partial charge in [0.15, 0.2) is 0 Å². The molecule has 5 nitrogen and oxygen atoms in total. The molecule has 0 aromatic heterocycles. The molecule has 0 spiro atoms. The van der Waals surface area contributed by atoms with Gasteiger partial charge in [0.05, 0.1) is 13.2 Å². The summed E-state index contributed by atoms with van der Waals surface area (Å²) in [4.78, 5) is 34.1. The number of ketones is 1. The van der Waals surface area contributed by atoms with Gasteiger partial charge in [-0.15, -0.1) is 0 Å². The Morgan fingerprint density at radius 2 is 1.50 bits per heavy atom. The van der Waals surface area contributed by atoms with Crippen molar-refractivity contribution in [1.29, 1.82) is 0 Å². The lowest BCUT2D eigenvalue weighted by Crippen LogP contribution is -2.34. The van der Waals surface area contributed by atoms with Crippen molar-refractivity contribution in [2.45, 2.75) is 20.8 Å². The van der Waals surface area contributed by atoms with Crippen molar-refractivity contribution in [3.8, 4) is 11.8 Å². The van der Waals surface area contributed by atoms with Crippen LogP contribution in [0.1, 0.15) is 20.8 Å². The maximum atomic E-state index is 11.4. The normalized spacial score (nSPS) is 9.00. The first-order valence-electron chi connectivity index (χ1n) is 4.88. The molecular formula is C11H14O5. The summed E-state index contributed by atoms with van der Waals surface area (Å²) in [7, 11) is 0. The number of hydrogen-bond donors (Lipinski definition) is 0. The SMILES string of the molecule is CC#CC(=O)C(C(=O)OCC)C(=O)OCC. The third kappa shape index (κ3) is 4.13. The molecule has 0 aliphatic heterocycles. The second-order valence-electron chi connectivity index (χ2n) is 2.68. The smallest absolute Gasteiger partial charge is 0.329 e. The molecule has 0 saturated heterocycles. The molecule has 0 unspecified atom stereocenters. The van der Waals surface area contributed by atoms with Crippen LogP contribution < -0.4 is 0 Å². The maximum Gasteiger partial charge on any atom is 0.329 e. The van der Waals surface area contributed by atoms with Gasteiger partial charge < -0.3 is 9.47 Å². The molecule has 0 atom stereocenters. The minimum absolute atomic E-state index is 0.0849. The molecule has 0 saturated carbocycles. The van der Waals surface area contributed by atoms with Crippen LogP contribution in [0.2, 0.25) is 0 Å². The number of ether oxygens (including phenoxy) is 2. The third-order valence-electron chi connectivity index (χ3n) is 1.55. The summed E-state index contributed by atoms with van der Waals surface area (Å²) in [5.41, 5.74) is 0. The Morgan fingerprint density at radius 1 is 1.06 bits per heavy atom. The Hall–Kier alpha value is -1.83. The highest BCUT2D eigenvalue weighted by Crippen LogP contribution is 2.05. The lowest BCUT2D eigenvalue weighted by molar-refractivity contribution is -0.162. The molecule has 88 valence electrons. The number of rotatable bonds is 5. The Bertz CT molecular complexity index is 316. The Balaban J connectivity index is 4.87. The van der Waals surface area contributed by atoms with E-state index in [1.54, 1.807) is 13.8 Å². The van der Waals surface area contributed by atoms with E-state index >= 15 is 0 Å². The van der Waals surface area contributed by atoms with Crippen LogP contribution in [0.4, 0.5) is 0 Å². The van der Waals surface area contributed by atoms with Gasteiger partial charge in [0, 0.05) is 0 Å². The highest BCUT2D eigenvalue weighted by atomic mass is 16.6. The predicted molar refractivity (Wildman–Crippen MR) is 55.2 cm³/mol. The van der Waals surface area contributed by atoms with E-state index in [1.807, 2.05) is 0 Å². The number of carbonyl (C=O) groups excluding carboxylic acids is 3. The average molecular weight is 226 g/mol. The quantitative estimate of drug-likeness (QED) is 0.292. The predicted octanol–water partition coefficient (Wildman–Crippen LogP) is 0.321. The number of Topliss-reactive ketones (excluding diaryl/α,β-unsaturated/α-hetero) is 1. The molecule has 16 heavy (non-hydrogen) atoms. The Kier molecular flexibility index (Phi) is 6.61. The molecule has 0 aromatic rings. The molecular weight excluding hydrogens is 212 g/mol. The lowest BCUT2D eigenvalue weighted by Gasteiger charge is -2.10. The van der Waals surface area contributed by atoms with Crippen molar-refractivity contribution in [2.24, 2.45) is 5.92 Å². The van der Waals surface area contributed by atoms with Gasteiger partial charge in [0.2, 0.25) is 11.7 Å². The largest absolute Gasteiger partial charge is 0.465 e. The summed E-state index contributed by atoms with van der Waals surface area (Å²) in [5, 5.41) is 0. The molecule has 0 bridgehead atoms. The first-order chi connectivity index (χ1) is 7.58. The molecule has 0 aromatic carbocycles. The highest BCUT2D eigenvalue weighted by Gasteiger charge is 2.35. The first kappa shape index (κ1) is 14.2. The van der Waals surface area contributed by atoms with Gasteiger partial charge in [-0.25, -0.2) is 0 Å². The van der Waals surface area contributed by atoms with Gasteiger partial charge in [-0.2, -0.15) is 0 Å². The number of hydrogen-bond acceptors (Lipinski definition) is 5. The molecule has 0 amide bonds. The zero-order valence-corrected chi connectivity index (χ0v) is 9.53. The van der Waals surface area contributed by atoms with E-state index in [4.69, 9.17) is 0 Å². The van der Waals surface area contributed by atoms with Crippen molar-refractivity contribution in [3.05, 3.63) is 0 Å². The molecule has 0 aliphatic rings. The summed E-state index contributed by atoms with van der Waals surface area (Å²) >= 11 is 0. The molecule has 0 heterocycles. The second-order valence-corrected chi connectivity index (χ2v) is 2.68. The molecule has 5 heteroatoms. The Labute approximate surface area is 94.1 Å². The average Bonchev–Trinajstić information content (AvgIpc) is 2.19. The van der Waals surface area contributed by atoms with Crippen molar-refractivity contribution >= 4 is 17.7 Å². The van der Waals surface area contributed by atoms with E-state index in [0.717, 1.165) is 0 Å². The molecule has 0 rings (SSSR count). The maximum absolute atomic E-state index is 11.4. The van der Waals surface area contributed by atoms with Gasteiger partial charge in [-0.3, -0.25) is 14.4 Å². The van der Waals surface area contributed by atoms with Crippen LogP contribution >= 0.6 is 0 Å². The van der Waals surface area contributed by atoms with Crippen LogP contribution in [0.3, 0.4) is 0 Å². The fourth-order valence-electron chi connectivity index (χ4n) is 0.957. The van der Waals surface area contributed by atoms with Crippen LogP contribution in [-0.2, 0) is 23.9 Å². The van der Waals surface area contributed by atoms with Crippen molar-refractivity contribution < 1.29 is 23.9 Å². The summed E-state index contributed by atoms with van der Waals surface area (Å²) in [5.74, 6) is 0.219. The van der Waals surface area contributed by atoms with Crippen LogP contribution in [0.15, 0.2) is 0 Å². The van der Waals surface area contributed by atoms with E-state index < -0.39 is 23.6 Å². The zero-order chi connectivity index (χ0) is 12.6. The van der Waals surface area contributed by atoms with Crippen molar-refractivity contribution in [1.82, 2.24) is 0 Å². The first-order valence-corrected chi connectivity index (χ1v) is 4.88. The monoisotopic (exact) mass is 226 g/mol. The molecule has 0 N–H and O–H groups in total. The lowest BCUT2D eigenvalue weighted by atomic mass is 10.1. The van der Waals surface area contributed by atoms with E-state index in [1.165, 1.54) is 6.92 Å². The fourth-order valence-corrected chi connectivity index (χ4v) is 0.957. The minimum atomic E-state index is -1.59.